The molecule has 4 heteroatoms. The fraction of sp³-hybridized carbons (Fsp3) is 0.667. The molecule has 0 saturated heterocycles. The van der Waals surface area contributed by atoms with Crippen LogP contribution in [-0.2, 0) is 14.3 Å². The smallest absolute Gasteiger partial charge is 0.371 e. The summed E-state index contributed by atoms with van der Waals surface area (Å²) in [5.41, 5.74) is -0.727. The topological polar surface area (TPSA) is 63.6 Å². The van der Waals surface area contributed by atoms with Crippen LogP contribution in [0.15, 0.2) is 11.8 Å². The summed E-state index contributed by atoms with van der Waals surface area (Å²) in [4.78, 5) is 22.6. The number of ketones is 1. The first-order valence-electron chi connectivity index (χ1n) is 5.56. The molecule has 0 amide bonds. The molecule has 0 aliphatic carbocycles. The van der Waals surface area contributed by atoms with Crippen LogP contribution in [0.2, 0.25) is 0 Å². The number of aliphatic carboxylic acids is 1. The quantitative estimate of drug-likeness (QED) is 0.797. The van der Waals surface area contributed by atoms with Gasteiger partial charge in [0.1, 0.15) is 5.60 Å². The molecule has 0 radical (unpaired) electrons. The Morgan fingerprint density at radius 1 is 1.56 bits per heavy atom. The SMILES string of the molecule is CCCCC1C(=O)C=C(C(=O)O)OC1(C)C. The number of carboxylic acid groups (broad SMARTS) is 1. The molecular weight excluding hydrogens is 208 g/mol. The largest absolute Gasteiger partial charge is 0.480 e. The Balaban J connectivity index is 2.89. The van der Waals surface area contributed by atoms with E-state index in [1.165, 1.54) is 0 Å². The lowest BCUT2D eigenvalue weighted by Gasteiger charge is -2.36. The predicted molar refractivity (Wildman–Crippen MR) is 58.9 cm³/mol. The molecule has 0 saturated carbocycles. The zero-order valence-corrected chi connectivity index (χ0v) is 9.95. The highest BCUT2D eigenvalue weighted by atomic mass is 16.5. The molecule has 0 bridgehead atoms. The maximum absolute atomic E-state index is 11.8. The second kappa shape index (κ2) is 4.68. The minimum Gasteiger partial charge on any atom is -0.480 e. The van der Waals surface area contributed by atoms with Gasteiger partial charge in [-0.3, -0.25) is 4.79 Å². The lowest BCUT2D eigenvalue weighted by Crippen LogP contribution is -2.43. The van der Waals surface area contributed by atoms with E-state index in [4.69, 9.17) is 9.84 Å². The molecule has 1 aliphatic rings. The van der Waals surface area contributed by atoms with Crippen molar-refractivity contribution in [2.75, 3.05) is 0 Å². The van der Waals surface area contributed by atoms with Crippen LogP contribution in [0.4, 0.5) is 0 Å². The molecule has 1 aliphatic heterocycles. The van der Waals surface area contributed by atoms with Gasteiger partial charge in [-0.05, 0) is 20.3 Å². The average molecular weight is 226 g/mol. The van der Waals surface area contributed by atoms with E-state index >= 15 is 0 Å². The molecular formula is C12H18O4. The zero-order valence-electron chi connectivity index (χ0n) is 9.95. The summed E-state index contributed by atoms with van der Waals surface area (Å²) in [7, 11) is 0. The standard InChI is InChI=1S/C12H18O4/c1-4-5-6-8-9(13)7-10(11(14)15)16-12(8,2)3/h7-8H,4-6H2,1-3H3,(H,14,15). The van der Waals surface area contributed by atoms with Crippen molar-refractivity contribution in [2.24, 2.45) is 5.92 Å². The van der Waals surface area contributed by atoms with E-state index in [9.17, 15) is 9.59 Å². The lowest BCUT2D eigenvalue weighted by atomic mass is 9.81. The van der Waals surface area contributed by atoms with E-state index in [0.29, 0.717) is 0 Å². The first-order chi connectivity index (χ1) is 7.38. The van der Waals surface area contributed by atoms with Gasteiger partial charge in [0.25, 0.3) is 0 Å². The fourth-order valence-electron chi connectivity index (χ4n) is 1.96. The van der Waals surface area contributed by atoms with Crippen LogP contribution in [0.25, 0.3) is 0 Å². The summed E-state index contributed by atoms with van der Waals surface area (Å²) in [5, 5.41) is 8.81. The predicted octanol–water partition coefficient (Wildman–Crippen LogP) is 2.14. The Labute approximate surface area is 95.3 Å². The molecule has 16 heavy (non-hydrogen) atoms. The Bertz CT molecular complexity index is 328. The van der Waals surface area contributed by atoms with E-state index in [-0.39, 0.29) is 17.5 Å². The molecule has 0 fully saturated rings. The molecule has 1 unspecified atom stereocenters. The van der Waals surface area contributed by atoms with Crippen molar-refractivity contribution in [3.05, 3.63) is 11.8 Å². The van der Waals surface area contributed by atoms with Gasteiger partial charge in [-0.2, -0.15) is 0 Å². The van der Waals surface area contributed by atoms with Gasteiger partial charge in [0, 0.05) is 6.08 Å². The number of carboxylic acids is 1. The maximum Gasteiger partial charge on any atom is 0.371 e. The highest BCUT2D eigenvalue weighted by Gasteiger charge is 2.41. The summed E-state index contributed by atoms with van der Waals surface area (Å²) in [6, 6.07) is 0. The molecule has 1 atom stereocenters. The van der Waals surface area contributed by atoms with Crippen molar-refractivity contribution in [3.63, 3.8) is 0 Å². The van der Waals surface area contributed by atoms with E-state index < -0.39 is 11.6 Å². The summed E-state index contributed by atoms with van der Waals surface area (Å²) in [6.07, 6.45) is 3.80. The van der Waals surface area contributed by atoms with Crippen molar-refractivity contribution in [3.8, 4) is 0 Å². The molecule has 0 spiro atoms. The van der Waals surface area contributed by atoms with Gasteiger partial charge < -0.3 is 9.84 Å². The summed E-state index contributed by atoms with van der Waals surface area (Å²) in [5.74, 6) is -1.81. The van der Waals surface area contributed by atoms with Crippen LogP contribution < -0.4 is 0 Å². The number of carbonyl (C=O) groups is 2. The zero-order chi connectivity index (χ0) is 12.3. The lowest BCUT2D eigenvalue weighted by molar-refractivity contribution is -0.148. The third-order valence-electron chi connectivity index (χ3n) is 2.89. The van der Waals surface area contributed by atoms with Crippen molar-refractivity contribution in [2.45, 2.75) is 45.6 Å². The summed E-state index contributed by atoms with van der Waals surface area (Å²) in [6.45, 7) is 5.59. The van der Waals surface area contributed by atoms with Gasteiger partial charge in [-0.15, -0.1) is 0 Å². The maximum atomic E-state index is 11.8. The minimum atomic E-state index is -1.18. The van der Waals surface area contributed by atoms with Crippen LogP contribution in [-0.4, -0.2) is 22.5 Å². The van der Waals surface area contributed by atoms with Gasteiger partial charge in [0.2, 0.25) is 5.76 Å². The monoisotopic (exact) mass is 226 g/mol. The van der Waals surface area contributed by atoms with Crippen LogP contribution in [0.5, 0.6) is 0 Å². The Morgan fingerprint density at radius 3 is 2.62 bits per heavy atom. The Hall–Kier alpha value is -1.32. The highest BCUT2D eigenvalue weighted by molar-refractivity contribution is 6.00. The third-order valence-corrected chi connectivity index (χ3v) is 2.89. The van der Waals surface area contributed by atoms with E-state index in [1.54, 1.807) is 13.8 Å². The van der Waals surface area contributed by atoms with E-state index in [1.807, 2.05) is 0 Å². The first kappa shape index (κ1) is 12.7. The summed E-state index contributed by atoms with van der Waals surface area (Å²) < 4.78 is 5.36. The number of hydrogen-bond acceptors (Lipinski definition) is 3. The molecule has 0 aromatic carbocycles. The van der Waals surface area contributed by atoms with E-state index in [2.05, 4.69) is 6.92 Å². The number of unbranched alkanes of at least 4 members (excludes halogenated alkanes) is 1. The van der Waals surface area contributed by atoms with E-state index in [0.717, 1.165) is 25.3 Å². The van der Waals surface area contributed by atoms with Crippen molar-refractivity contribution in [1.82, 2.24) is 0 Å². The van der Waals surface area contributed by atoms with Gasteiger partial charge in [-0.1, -0.05) is 19.8 Å². The van der Waals surface area contributed by atoms with Crippen molar-refractivity contribution >= 4 is 11.8 Å². The first-order valence-corrected chi connectivity index (χ1v) is 5.56. The molecule has 1 rings (SSSR count). The third kappa shape index (κ3) is 2.62. The Morgan fingerprint density at radius 2 is 2.19 bits per heavy atom. The molecule has 0 aromatic rings. The number of rotatable bonds is 4. The molecule has 0 aromatic heterocycles. The minimum absolute atomic E-state index is 0.137. The van der Waals surface area contributed by atoms with Crippen molar-refractivity contribution < 1.29 is 19.4 Å². The second-order valence-electron chi connectivity index (χ2n) is 4.62. The number of carbonyl (C=O) groups excluding carboxylic acids is 1. The van der Waals surface area contributed by atoms with Crippen molar-refractivity contribution in [1.29, 1.82) is 0 Å². The molecule has 90 valence electrons. The van der Waals surface area contributed by atoms with Crippen LogP contribution in [0.1, 0.15) is 40.0 Å². The molecule has 1 heterocycles. The van der Waals surface area contributed by atoms with Gasteiger partial charge in [-0.25, -0.2) is 4.79 Å². The highest BCUT2D eigenvalue weighted by Crippen LogP contribution is 2.33. The number of hydrogen-bond donors (Lipinski definition) is 1. The molecule has 1 N–H and O–H groups in total. The normalized spacial score (nSPS) is 23.6. The number of ether oxygens (including phenoxy) is 1. The average Bonchev–Trinajstić information content (AvgIpc) is 2.15. The van der Waals surface area contributed by atoms with Gasteiger partial charge >= 0.3 is 5.97 Å². The Kier molecular flexibility index (Phi) is 3.73. The van der Waals surface area contributed by atoms with Crippen LogP contribution in [0.3, 0.4) is 0 Å². The van der Waals surface area contributed by atoms with Gasteiger partial charge in [0.15, 0.2) is 5.78 Å². The van der Waals surface area contributed by atoms with Crippen LogP contribution >= 0.6 is 0 Å². The van der Waals surface area contributed by atoms with Crippen LogP contribution in [0, 0.1) is 5.92 Å². The second-order valence-corrected chi connectivity index (χ2v) is 4.62. The number of allylic oxidation sites excluding steroid dienone is 1. The fourth-order valence-corrected chi connectivity index (χ4v) is 1.96. The van der Waals surface area contributed by atoms with Gasteiger partial charge in [0.05, 0.1) is 5.92 Å². The summed E-state index contributed by atoms with van der Waals surface area (Å²) >= 11 is 0. The molecule has 4 nitrogen and oxygen atoms in total.